The molecule has 100 valence electrons. The van der Waals surface area contributed by atoms with Crippen molar-refractivity contribution in [1.29, 1.82) is 0 Å². The Balaban J connectivity index is 2.00. The van der Waals surface area contributed by atoms with Gasteiger partial charge in [0.1, 0.15) is 0 Å². The van der Waals surface area contributed by atoms with E-state index in [4.69, 9.17) is 5.73 Å². The molecule has 0 radical (unpaired) electrons. The zero-order chi connectivity index (χ0) is 13.0. The number of aryl methyl sites for hydroxylation is 1. The number of nitrogens with one attached hydrogen (secondary N) is 1. The van der Waals surface area contributed by atoms with Gasteiger partial charge >= 0.3 is 0 Å². The van der Waals surface area contributed by atoms with Crippen LogP contribution in [0.3, 0.4) is 0 Å². The van der Waals surface area contributed by atoms with Gasteiger partial charge in [0.15, 0.2) is 0 Å². The third-order valence-electron chi connectivity index (χ3n) is 3.91. The van der Waals surface area contributed by atoms with Crippen LogP contribution in [0.2, 0.25) is 0 Å². The largest absolute Gasteiger partial charge is 0.399 e. The summed E-state index contributed by atoms with van der Waals surface area (Å²) < 4.78 is 0.427. The lowest BCUT2D eigenvalue weighted by atomic mass is 9.88. The first-order valence-electron chi connectivity index (χ1n) is 6.80. The highest BCUT2D eigenvalue weighted by molar-refractivity contribution is 8.00. The summed E-state index contributed by atoms with van der Waals surface area (Å²) in [5.74, 6) is 0. The van der Waals surface area contributed by atoms with Gasteiger partial charge < -0.3 is 11.1 Å². The fraction of sp³-hybridized carbons (Fsp3) is 0.600. The van der Waals surface area contributed by atoms with E-state index in [9.17, 15) is 0 Å². The highest BCUT2D eigenvalue weighted by atomic mass is 32.2. The van der Waals surface area contributed by atoms with Crippen molar-refractivity contribution in [2.24, 2.45) is 0 Å². The number of anilines is 2. The molecule has 2 rings (SSSR count). The van der Waals surface area contributed by atoms with Crippen LogP contribution < -0.4 is 11.1 Å². The molecule has 0 spiro atoms. The van der Waals surface area contributed by atoms with E-state index in [1.807, 2.05) is 23.9 Å². The van der Waals surface area contributed by atoms with Crippen LogP contribution in [0.5, 0.6) is 0 Å². The first-order valence-corrected chi connectivity index (χ1v) is 8.02. The van der Waals surface area contributed by atoms with Crippen molar-refractivity contribution in [1.82, 2.24) is 0 Å². The van der Waals surface area contributed by atoms with Gasteiger partial charge in [0.25, 0.3) is 0 Å². The molecule has 0 bridgehead atoms. The van der Waals surface area contributed by atoms with Crippen LogP contribution in [-0.4, -0.2) is 17.5 Å². The Hall–Kier alpha value is -0.830. The zero-order valence-electron chi connectivity index (χ0n) is 11.5. The number of hydrogen-bond acceptors (Lipinski definition) is 3. The van der Waals surface area contributed by atoms with Crippen LogP contribution in [0.4, 0.5) is 11.4 Å². The van der Waals surface area contributed by atoms with E-state index < -0.39 is 0 Å². The highest BCUT2D eigenvalue weighted by Crippen LogP contribution is 2.38. The molecule has 3 heteroatoms. The first-order chi connectivity index (χ1) is 8.63. The molecule has 0 amide bonds. The topological polar surface area (TPSA) is 38.0 Å². The minimum absolute atomic E-state index is 0.427. The number of thioether (sulfide) groups is 1. The van der Waals surface area contributed by atoms with E-state index in [1.54, 1.807) is 0 Å². The Bertz CT molecular complexity index is 377. The minimum atomic E-state index is 0.427. The summed E-state index contributed by atoms with van der Waals surface area (Å²) in [4.78, 5) is 0. The lowest BCUT2D eigenvalue weighted by Gasteiger charge is -2.36. The smallest absolute Gasteiger partial charge is 0.0363 e. The zero-order valence-corrected chi connectivity index (χ0v) is 12.3. The molecule has 1 saturated carbocycles. The molecule has 1 fully saturated rings. The van der Waals surface area contributed by atoms with Gasteiger partial charge in [-0.05, 0) is 49.8 Å². The fourth-order valence-electron chi connectivity index (χ4n) is 2.83. The van der Waals surface area contributed by atoms with Crippen molar-refractivity contribution in [3.8, 4) is 0 Å². The van der Waals surface area contributed by atoms with Crippen molar-refractivity contribution >= 4 is 23.1 Å². The van der Waals surface area contributed by atoms with Crippen LogP contribution in [0, 0.1) is 6.92 Å². The SMILES string of the molecule is CSC1(CNc2cc(C)cc(N)c2)CCCCC1. The van der Waals surface area contributed by atoms with Gasteiger partial charge in [0.2, 0.25) is 0 Å². The van der Waals surface area contributed by atoms with Crippen LogP contribution in [0.25, 0.3) is 0 Å². The number of rotatable bonds is 4. The number of nitrogens with two attached hydrogens (primary N) is 1. The van der Waals surface area contributed by atoms with Gasteiger partial charge in [-0.15, -0.1) is 0 Å². The predicted molar refractivity (Wildman–Crippen MR) is 83.4 cm³/mol. The highest BCUT2D eigenvalue weighted by Gasteiger charge is 2.30. The molecule has 1 aromatic rings. The predicted octanol–water partition coefficient (Wildman–Crippen LogP) is 4.06. The molecule has 3 N–H and O–H groups in total. The standard InChI is InChI=1S/C15H24N2S/c1-12-8-13(16)10-14(9-12)17-11-15(18-2)6-4-3-5-7-15/h8-10,17H,3-7,11,16H2,1-2H3. The molecular weight excluding hydrogens is 240 g/mol. The molecule has 0 aromatic heterocycles. The summed E-state index contributed by atoms with van der Waals surface area (Å²) in [7, 11) is 0. The second-order valence-electron chi connectivity index (χ2n) is 5.43. The van der Waals surface area contributed by atoms with Crippen LogP contribution in [0.1, 0.15) is 37.7 Å². The summed E-state index contributed by atoms with van der Waals surface area (Å²) in [6, 6.07) is 6.22. The van der Waals surface area contributed by atoms with E-state index in [-0.39, 0.29) is 0 Å². The molecule has 1 aliphatic carbocycles. The Morgan fingerprint density at radius 3 is 2.56 bits per heavy atom. The third-order valence-corrected chi connectivity index (χ3v) is 5.33. The lowest BCUT2D eigenvalue weighted by Crippen LogP contribution is -2.35. The van der Waals surface area contributed by atoms with Crippen molar-refractivity contribution in [2.75, 3.05) is 23.9 Å². The van der Waals surface area contributed by atoms with E-state index >= 15 is 0 Å². The van der Waals surface area contributed by atoms with Gasteiger partial charge in [-0.2, -0.15) is 11.8 Å². The number of hydrogen-bond donors (Lipinski definition) is 2. The minimum Gasteiger partial charge on any atom is -0.399 e. The molecule has 0 unspecified atom stereocenters. The second kappa shape index (κ2) is 5.87. The molecule has 18 heavy (non-hydrogen) atoms. The fourth-order valence-corrected chi connectivity index (χ4v) is 3.74. The Kier molecular flexibility index (Phi) is 4.44. The summed E-state index contributed by atoms with van der Waals surface area (Å²) in [6.07, 6.45) is 9.07. The first kappa shape index (κ1) is 13.6. The second-order valence-corrected chi connectivity index (χ2v) is 6.71. The quantitative estimate of drug-likeness (QED) is 0.806. The molecule has 2 nitrogen and oxygen atoms in total. The van der Waals surface area contributed by atoms with Crippen LogP contribution in [0.15, 0.2) is 18.2 Å². The molecule has 0 heterocycles. The summed E-state index contributed by atoms with van der Waals surface area (Å²) in [5.41, 5.74) is 9.12. The van der Waals surface area contributed by atoms with E-state index in [2.05, 4.69) is 24.6 Å². The summed E-state index contributed by atoms with van der Waals surface area (Å²) >= 11 is 2.03. The maximum absolute atomic E-state index is 5.89. The van der Waals surface area contributed by atoms with Gasteiger partial charge in [-0.25, -0.2) is 0 Å². The Morgan fingerprint density at radius 1 is 1.22 bits per heavy atom. The maximum atomic E-state index is 5.89. The Morgan fingerprint density at radius 2 is 1.94 bits per heavy atom. The van der Waals surface area contributed by atoms with Crippen molar-refractivity contribution < 1.29 is 0 Å². The van der Waals surface area contributed by atoms with Crippen molar-refractivity contribution in [3.05, 3.63) is 23.8 Å². The van der Waals surface area contributed by atoms with Crippen LogP contribution >= 0.6 is 11.8 Å². The molecular formula is C15H24N2S. The van der Waals surface area contributed by atoms with E-state index in [0.717, 1.165) is 17.9 Å². The number of benzene rings is 1. The van der Waals surface area contributed by atoms with Gasteiger partial charge in [-0.3, -0.25) is 0 Å². The molecule has 0 atom stereocenters. The van der Waals surface area contributed by atoms with E-state index in [1.165, 1.54) is 37.7 Å². The average Bonchev–Trinajstić information content (AvgIpc) is 2.36. The molecule has 1 aromatic carbocycles. The third kappa shape index (κ3) is 3.35. The van der Waals surface area contributed by atoms with E-state index in [0.29, 0.717) is 4.75 Å². The van der Waals surface area contributed by atoms with Gasteiger partial charge in [0, 0.05) is 22.7 Å². The number of nitrogen functional groups attached to an aromatic ring is 1. The average molecular weight is 264 g/mol. The summed E-state index contributed by atoms with van der Waals surface area (Å²) in [6.45, 7) is 3.14. The monoisotopic (exact) mass is 264 g/mol. The molecule has 0 saturated heterocycles. The van der Waals surface area contributed by atoms with Gasteiger partial charge in [0.05, 0.1) is 0 Å². The normalized spacial score (nSPS) is 18.6. The maximum Gasteiger partial charge on any atom is 0.0363 e. The molecule has 0 aliphatic heterocycles. The van der Waals surface area contributed by atoms with Gasteiger partial charge in [-0.1, -0.05) is 19.3 Å². The van der Waals surface area contributed by atoms with Crippen molar-refractivity contribution in [2.45, 2.75) is 43.8 Å². The van der Waals surface area contributed by atoms with Crippen LogP contribution in [-0.2, 0) is 0 Å². The molecule has 1 aliphatic rings. The Labute approximate surface area is 115 Å². The summed E-state index contributed by atoms with van der Waals surface area (Å²) in [5, 5.41) is 3.59. The van der Waals surface area contributed by atoms with Crippen molar-refractivity contribution in [3.63, 3.8) is 0 Å². The lowest BCUT2D eigenvalue weighted by molar-refractivity contribution is 0.411.